The Morgan fingerprint density at radius 1 is 1.37 bits per heavy atom. The molecular weight excluding hydrogens is 238 g/mol. The van der Waals surface area contributed by atoms with Gasteiger partial charge in [0.2, 0.25) is 0 Å². The van der Waals surface area contributed by atoms with E-state index in [1.807, 2.05) is 0 Å². The lowest BCUT2D eigenvalue weighted by Gasteiger charge is -2.40. The fraction of sp³-hybridized carbons (Fsp3) is 0.714. The molecule has 2 heterocycles. The quantitative estimate of drug-likeness (QED) is 0.899. The van der Waals surface area contributed by atoms with Gasteiger partial charge >= 0.3 is 0 Å². The molecule has 1 fully saturated rings. The third-order valence-electron chi connectivity index (χ3n) is 3.94. The highest BCUT2D eigenvalue weighted by atomic mass is 15.3. The minimum Gasteiger partial charge on any atom is -0.383 e. The molecule has 1 saturated heterocycles. The Balaban J connectivity index is 2.26. The summed E-state index contributed by atoms with van der Waals surface area (Å²) < 4.78 is 0. The van der Waals surface area contributed by atoms with Crippen LogP contribution in [0.15, 0.2) is 6.33 Å². The van der Waals surface area contributed by atoms with Crippen molar-refractivity contribution >= 4 is 11.6 Å². The van der Waals surface area contributed by atoms with Crippen molar-refractivity contribution in [1.82, 2.24) is 14.9 Å². The van der Waals surface area contributed by atoms with E-state index in [2.05, 4.69) is 47.5 Å². The van der Waals surface area contributed by atoms with Gasteiger partial charge in [0.05, 0.1) is 0 Å². The summed E-state index contributed by atoms with van der Waals surface area (Å²) in [5, 5.41) is 0. The van der Waals surface area contributed by atoms with Crippen LogP contribution < -0.4 is 10.6 Å². The number of piperazine rings is 1. The van der Waals surface area contributed by atoms with E-state index in [-0.39, 0.29) is 0 Å². The van der Waals surface area contributed by atoms with Crippen molar-refractivity contribution in [1.29, 1.82) is 0 Å². The number of nitrogen functional groups attached to an aromatic ring is 1. The Hall–Kier alpha value is -1.36. The number of hydrogen-bond acceptors (Lipinski definition) is 5. The van der Waals surface area contributed by atoms with Crippen molar-refractivity contribution in [3.05, 3.63) is 11.9 Å². The molecule has 5 heteroatoms. The zero-order valence-electron chi connectivity index (χ0n) is 12.4. The lowest BCUT2D eigenvalue weighted by Crippen LogP contribution is -2.52. The van der Waals surface area contributed by atoms with Crippen LogP contribution in [0.5, 0.6) is 0 Å². The van der Waals surface area contributed by atoms with Crippen LogP contribution in [0.2, 0.25) is 0 Å². The van der Waals surface area contributed by atoms with E-state index in [9.17, 15) is 0 Å². The zero-order chi connectivity index (χ0) is 14.0. The van der Waals surface area contributed by atoms with Gasteiger partial charge in [-0.15, -0.1) is 0 Å². The van der Waals surface area contributed by atoms with E-state index >= 15 is 0 Å². The Labute approximate surface area is 115 Å². The topological polar surface area (TPSA) is 58.3 Å². The van der Waals surface area contributed by atoms with E-state index in [1.54, 1.807) is 6.33 Å². The summed E-state index contributed by atoms with van der Waals surface area (Å²) in [5.41, 5.74) is 7.11. The van der Waals surface area contributed by atoms with E-state index in [4.69, 9.17) is 5.73 Å². The average molecular weight is 263 g/mol. The van der Waals surface area contributed by atoms with Crippen LogP contribution in [0, 0.1) is 0 Å². The molecule has 0 saturated carbocycles. The fourth-order valence-electron chi connectivity index (χ4n) is 2.86. The van der Waals surface area contributed by atoms with Gasteiger partial charge in [0, 0.05) is 31.2 Å². The second-order valence-corrected chi connectivity index (χ2v) is 5.57. The molecule has 1 atom stereocenters. The molecular formula is C14H25N5. The monoisotopic (exact) mass is 263 g/mol. The standard InChI is InChI=1S/C14H25N5/c1-5-18-6-7-19(8-11(18)4)14-12(10(2)3)13(15)16-9-17-14/h9-11H,5-8H2,1-4H3,(H2,15,16,17). The molecule has 5 nitrogen and oxygen atoms in total. The molecule has 0 spiro atoms. The molecule has 0 bridgehead atoms. The Morgan fingerprint density at radius 2 is 2.11 bits per heavy atom. The molecule has 2 N–H and O–H groups in total. The lowest BCUT2D eigenvalue weighted by atomic mass is 10.0. The zero-order valence-corrected chi connectivity index (χ0v) is 12.4. The van der Waals surface area contributed by atoms with Crippen LogP contribution in [0.1, 0.15) is 39.2 Å². The second kappa shape index (κ2) is 5.74. The van der Waals surface area contributed by atoms with Gasteiger partial charge in [-0.25, -0.2) is 9.97 Å². The molecule has 1 aromatic heterocycles. The van der Waals surface area contributed by atoms with Gasteiger partial charge in [0.1, 0.15) is 18.0 Å². The van der Waals surface area contributed by atoms with Gasteiger partial charge in [-0.05, 0) is 19.4 Å². The highest BCUT2D eigenvalue weighted by Crippen LogP contribution is 2.30. The Morgan fingerprint density at radius 3 is 2.68 bits per heavy atom. The molecule has 1 aliphatic rings. The Kier molecular flexibility index (Phi) is 4.24. The first-order chi connectivity index (χ1) is 9.04. The van der Waals surface area contributed by atoms with Crippen molar-refractivity contribution in [2.24, 2.45) is 0 Å². The van der Waals surface area contributed by atoms with Gasteiger partial charge < -0.3 is 10.6 Å². The third kappa shape index (κ3) is 2.81. The maximum atomic E-state index is 6.03. The maximum Gasteiger partial charge on any atom is 0.137 e. The summed E-state index contributed by atoms with van der Waals surface area (Å²) >= 11 is 0. The molecule has 0 radical (unpaired) electrons. The second-order valence-electron chi connectivity index (χ2n) is 5.57. The van der Waals surface area contributed by atoms with Crippen LogP contribution in [0.25, 0.3) is 0 Å². The van der Waals surface area contributed by atoms with Gasteiger partial charge in [-0.1, -0.05) is 20.8 Å². The van der Waals surface area contributed by atoms with Gasteiger partial charge in [-0.3, -0.25) is 4.90 Å². The van der Waals surface area contributed by atoms with Gasteiger partial charge in [0.15, 0.2) is 0 Å². The smallest absolute Gasteiger partial charge is 0.137 e. The maximum absolute atomic E-state index is 6.03. The van der Waals surface area contributed by atoms with Crippen LogP contribution in [0.3, 0.4) is 0 Å². The molecule has 0 aromatic carbocycles. The number of likely N-dealkylation sites (N-methyl/N-ethyl adjacent to an activating group) is 1. The first kappa shape index (κ1) is 14.1. The first-order valence-electron chi connectivity index (χ1n) is 7.14. The highest BCUT2D eigenvalue weighted by Gasteiger charge is 2.26. The van der Waals surface area contributed by atoms with Gasteiger partial charge in [0.25, 0.3) is 0 Å². The van der Waals surface area contributed by atoms with Crippen LogP contribution in [-0.2, 0) is 0 Å². The third-order valence-corrected chi connectivity index (χ3v) is 3.94. The predicted octanol–water partition coefficient (Wildman–Crippen LogP) is 1.71. The number of aromatic nitrogens is 2. The molecule has 1 aromatic rings. The van der Waals surface area contributed by atoms with Gasteiger partial charge in [-0.2, -0.15) is 0 Å². The summed E-state index contributed by atoms with van der Waals surface area (Å²) in [6.45, 7) is 13.0. The van der Waals surface area contributed by atoms with Crippen molar-refractivity contribution in [3.8, 4) is 0 Å². The van der Waals surface area contributed by atoms with Crippen LogP contribution in [0.4, 0.5) is 11.6 Å². The highest BCUT2D eigenvalue weighted by molar-refractivity contribution is 5.58. The molecule has 19 heavy (non-hydrogen) atoms. The number of rotatable bonds is 3. The number of nitrogens with two attached hydrogens (primary N) is 1. The van der Waals surface area contributed by atoms with Crippen molar-refractivity contribution in [2.75, 3.05) is 36.8 Å². The van der Waals surface area contributed by atoms with Crippen molar-refractivity contribution in [2.45, 2.75) is 39.7 Å². The average Bonchev–Trinajstić information content (AvgIpc) is 2.37. The minimum atomic E-state index is 0.343. The van der Waals surface area contributed by atoms with E-state index < -0.39 is 0 Å². The summed E-state index contributed by atoms with van der Waals surface area (Å²) in [6, 6.07) is 0.551. The minimum absolute atomic E-state index is 0.343. The SMILES string of the molecule is CCN1CCN(c2ncnc(N)c2C(C)C)CC1C. The molecule has 1 unspecified atom stereocenters. The summed E-state index contributed by atoms with van der Waals surface area (Å²) in [4.78, 5) is 13.5. The molecule has 0 aliphatic carbocycles. The fourth-order valence-corrected chi connectivity index (χ4v) is 2.86. The summed E-state index contributed by atoms with van der Waals surface area (Å²) in [6.07, 6.45) is 1.58. The van der Waals surface area contributed by atoms with Crippen molar-refractivity contribution < 1.29 is 0 Å². The van der Waals surface area contributed by atoms with Crippen LogP contribution >= 0.6 is 0 Å². The molecule has 106 valence electrons. The Bertz CT molecular complexity index is 432. The van der Waals surface area contributed by atoms with E-state index in [0.717, 1.165) is 37.6 Å². The predicted molar refractivity (Wildman–Crippen MR) is 79.5 cm³/mol. The van der Waals surface area contributed by atoms with E-state index in [0.29, 0.717) is 17.8 Å². The summed E-state index contributed by atoms with van der Waals surface area (Å²) in [5.74, 6) is 1.98. The number of hydrogen-bond donors (Lipinski definition) is 1. The van der Waals surface area contributed by atoms with Crippen LogP contribution in [-0.4, -0.2) is 47.1 Å². The number of anilines is 2. The first-order valence-corrected chi connectivity index (χ1v) is 7.14. The summed E-state index contributed by atoms with van der Waals surface area (Å²) in [7, 11) is 0. The lowest BCUT2D eigenvalue weighted by molar-refractivity contribution is 0.199. The van der Waals surface area contributed by atoms with E-state index in [1.165, 1.54) is 0 Å². The molecule has 2 rings (SSSR count). The molecule has 0 amide bonds. The molecule has 1 aliphatic heterocycles. The van der Waals surface area contributed by atoms with Crippen molar-refractivity contribution in [3.63, 3.8) is 0 Å². The number of nitrogens with zero attached hydrogens (tertiary/aromatic N) is 4. The normalized spacial score (nSPS) is 21.1. The largest absolute Gasteiger partial charge is 0.383 e.